The van der Waals surface area contributed by atoms with E-state index in [0.29, 0.717) is 0 Å². The van der Waals surface area contributed by atoms with Crippen molar-refractivity contribution in [3.05, 3.63) is 72.6 Å². The maximum Gasteiger partial charge on any atom is 0.248 e. The number of benzene rings is 2. The Morgan fingerprint density at radius 1 is 1.04 bits per heavy atom. The lowest BCUT2D eigenvalue weighted by molar-refractivity contribution is -0.111. The smallest absolute Gasteiger partial charge is 0.248 e. The predicted octanol–water partition coefficient (Wildman–Crippen LogP) is 4.43. The minimum atomic E-state index is -0.188. The highest BCUT2D eigenvalue weighted by atomic mass is 16.1. The first-order valence-electron chi connectivity index (χ1n) is 8.73. The molecule has 0 atom stereocenters. The number of amides is 1. The van der Waals surface area contributed by atoms with E-state index in [2.05, 4.69) is 21.4 Å². The van der Waals surface area contributed by atoms with E-state index in [9.17, 15) is 4.79 Å². The number of carbonyl (C=O) groups excluding carboxylic acids is 1. The molecule has 0 aliphatic heterocycles. The van der Waals surface area contributed by atoms with Crippen molar-refractivity contribution in [2.75, 3.05) is 24.3 Å². The Morgan fingerprint density at radius 3 is 2.74 bits per heavy atom. The molecule has 27 heavy (non-hydrogen) atoms. The minimum Gasteiger partial charge on any atom is -0.378 e. The summed E-state index contributed by atoms with van der Waals surface area (Å²) in [4.78, 5) is 22.0. The van der Waals surface area contributed by atoms with Gasteiger partial charge in [-0.1, -0.05) is 24.3 Å². The number of rotatable bonds is 4. The second kappa shape index (κ2) is 6.96. The molecule has 134 valence electrons. The molecule has 2 N–H and O–H groups in total. The van der Waals surface area contributed by atoms with Gasteiger partial charge in [0.15, 0.2) is 0 Å². The van der Waals surface area contributed by atoms with E-state index in [-0.39, 0.29) is 5.91 Å². The molecular formula is C22H20N4O. The van der Waals surface area contributed by atoms with Gasteiger partial charge in [0.1, 0.15) is 0 Å². The Balaban J connectivity index is 1.54. The summed E-state index contributed by atoms with van der Waals surface area (Å²) in [6.45, 7) is 0. The van der Waals surface area contributed by atoms with Gasteiger partial charge in [0.2, 0.25) is 5.91 Å². The van der Waals surface area contributed by atoms with Gasteiger partial charge in [-0.15, -0.1) is 0 Å². The van der Waals surface area contributed by atoms with Crippen LogP contribution in [0.1, 0.15) is 5.69 Å². The molecule has 1 amide bonds. The van der Waals surface area contributed by atoms with Crippen molar-refractivity contribution in [1.29, 1.82) is 0 Å². The van der Waals surface area contributed by atoms with Crippen molar-refractivity contribution in [3.63, 3.8) is 0 Å². The van der Waals surface area contributed by atoms with Crippen LogP contribution in [-0.4, -0.2) is 30.0 Å². The first-order chi connectivity index (χ1) is 13.1. The van der Waals surface area contributed by atoms with Crippen molar-refractivity contribution in [3.8, 4) is 0 Å². The number of para-hydroxylation sites is 1. The summed E-state index contributed by atoms with van der Waals surface area (Å²) in [5, 5.41) is 5.13. The summed E-state index contributed by atoms with van der Waals surface area (Å²) < 4.78 is 0. The predicted molar refractivity (Wildman–Crippen MR) is 112 cm³/mol. The van der Waals surface area contributed by atoms with Gasteiger partial charge in [-0.3, -0.25) is 9.78 Å². The van der Waals surface area contributed by atoms with Gasteiger partial charge in [0, 0.05) is 47.8 Å². The van der Waals surface area contributed by atoms with E-state index in [1.807, 2.05) is 67.5 Å². The summed E-state index contributed by atoms with van der Waals surface area (Å²) in [7, 11) is 3.93. The van der Waals surface area contributed by atoms with E-state index in [4.69, 9.17) is 0 Å². The van der Waals surface area contributed by atoms with E-state index < -0.39 is 0 Å². The summed E-state index contributed by atoms with van der Waals surface area (Å²) in [5.74, 6) is -0.188. The molecule has 5 nitrogen and oxygen atoms in total. The molecule has 0 aliphatic carbocycles. The fourth-order valence-electron chi connectivity index (χ4n) is 3.06. The van der Waals surface area contributed by atoms with Crippen LogP contribution in [0.25, 0.3) is 27.9 Å². The average Bonchev–Trinajstić information content (AvgIpc) is 3.04. The third kappa shape index (κ3) is 3.53. The van der Waals surface area contributed by atoms with Gasteiger partial charge in [-0.2, -0.15) is 0 Å². The van der Waals surface area contributed by atoms with Gasteiger partial charge in [0.05, 0.1) is 17.4 Å². The Bertz CT molecular complexity index is 1160. The highest BCUT2D eigenvalue weighted by Gasteiger charge is 2.05. The third-order valence-electron chi connectivity index (χ3n) is 4.45. The zero-order valence-corrected chi connectivity index (χ0v) is 15.2. The van der Waals surface area contributed by atoms with E-state index in [0.717, 1.165) is 38.9 Å². The first kappa shape index (κ1) is 16.8. The van der Waals surface area contributed by atoms with Crippen LogP contribution in [0.2, 0.25) is 0 Å². The van der Waals surface area contributed by atoms with Gasteiger partial charge >= 0.3 is 0 Å². The SMILES string of the molecule is CN(C)c1cccc(NC(=O)/C=C/c2cc3c(cn2)[nH]c2ccccc23)c1. The number of aromatic nitrogens is 2. The lowest BCUT2D eigenvalue weighted by Gasteiger charge is -2.13. The average molecular weight is 356 g/mol. The number of carbonyl (C=O) groups is 1. The number of aromatic amines is 1. The molecule has 0 radical (unpaired) electrons. The molecule has 0 aliphatic rings. The van der Waals surface area contributed by atoms with Crippen LogP contribution in [0.15, 0.2) is 66.9 Å². The van der Waals surface area contributed by atoms with E-state index in [1.165, 1.54) is 6.08 Å². The highest BCUT2D eigenvalue weighted by molar-refractivity contribution is 6.07. The first-order valence-corrected chi connectivity index (χ1v) is 8.73. The van der Waals surface area contributed by atoms with Crippen LogP contribution < -0.4 is 10.2 Å². The molecule has 5 heteroatoms. The number of nitrogens with zero attached hydrogens (tertiary/aromatic N) is 2. The van der Waals surface area contributed by atoms with Gasteiger partial charge in [0.25, 0.3) is 0 Å². The molecule has 0 bridgehead atoms. The van der Waals surface area contributed by atoms with Crippen molar-refractivity contribution in [2.45, 2.75) is 0 Å². The Morgan fingerprint density at radius 2 is 1.89 bits per heavy atom. The second-order valence-corrected chi connectivity index (χ2v) is 6.59. The fraction of sp³-hybridized carbons (Fsp3) is 0.0909. The summed E-state index contributed by atoms with van der Waals surface area (Å²) >= 11 is 0. The number of pyridine rings is 1. The number of fused-ring (bicyclic) bond motifs is 3. The van der Waals surface area contributed by atoms with Crippen LogP contribution in [-0.2, 0) is 4.79 Å². The van der Waals surface area contributed by atoms with Crippen molar-refractivity contribution >= 4 is 45.2 Å². The number of hydrogen-bond donors (Lipinski definition) is 2. The van der Waals surface area contributed by atoms with Gasteiger partial charge in [-0.05, 0) is 36.4 Å². The molecule has 2 heterocycles. The van der Waals surface area contributed by atoms with Crippen LogP contribution in [0.4, 0.5) is 11.4 Å². The minimum absolute atomic E-state index is 0.188. The van der Waals surface area contributed by atoms with Crippen LogP contribution in [0.3, 0.4) is 0 Å². The molecule has 0 spiro atoms. The lowest BCUT2D eigenvalue weighted by Crippen LogP contribution is -2.11. The lowest BCUT2D eigenvalue weighted by atomic mass is 10.1. The molecule has 2 aromatic heterocycles. The molecule has 0 saturated heterocycles. The largest absolute Gasteiger partial charge is 0.378 e. The zero-order valence-electron chi connectivity index (χ0n) is 15.2. The molecule has 0 saturated carbocycles. The number of hydrogen-bond acceptors (Lipinski definition) is 3. The molecule has 4 aromatic rings. The quantitative estimate of drug-likeness (QED) is 0.532. The Hall–Kier alpha value is -3.60. The van der Waals surface area contributed by atoms with Crippen LogP contribution in [0, 0.1) is 0 Å². The normalized spacial score (nSPS) is 11.3. The number of anilines is 2. The van der Waals surface area contributed by atoms with Crippen molar-refractivity contribution in [2.24, 2.45) is 0 Å². The summed E-state index contributed by atoms with van der Waals surface area (Å²) in [6.07, 6.45) is 5.03. The summed E-state index contributed by atoms with van der Waals surface area (Å²) in [5.41, 5.74) is 4.59. The number of H-pyrrole nitrogens is 1. The maximum absolute atomic E-state index is 12.2. The monoisotopic (exact) mass is 356 g/mol. The molecular weight excluding hydrogens is 336 g/mol. The number of nitrogens with one attached hydrogen (secondary N) is 2. The fourth-order valence-corrected chi connectivity index (χ4v) is 3.06. The standard InChI is InChI=1S/C22H20N4O/c1-26(2)17-7-5-6-16(12-17)24-22(27)11-10-15-13-19-18-8-3-4-9-20(18)25-21(19)14-23-15/h3-14,25H,1-2H3,(H,24,27)/b11-10+. The maximum atomic E-state index is 12.2. The third-order valence-corrected chi connectivity index (χ3v) is 4.45. The van der Waals surface area contributed by atoms with Gasteiger partial charge < -0.3 is 15.2 Å². The zero-order chi connectivity index (χ0) is 18.8. The highest BCUT2D eigenvalue weighted by Crippen LogP contribution is 2.25. The van der Waals surface area contributed by atoms with Crippen LogP contribution >= 0.6 is 0 Å². The molecule has 0 fully saturated rings. The van der Waals surface area contributed by atoms with Crippen LogP contribution in [0.5, 0.6) is 0 Å². The van der Waals surface area contributed by atoms with Crippen molar-refractivity contribution in [1.82, 2.24) is 9.97 Å². The van der Waals surface area contributed by atoms with E-state index in [1.54, 1.807) is 12.3 Å². The molecule has 2 aromatic carbocycles. The summed E-state index contributed by atoms with van der Waals surface area (Å²) in [6, 6.07) is 17.8. The molecule has 0 unspecified atom stereocenters. The second-order valence-electron chi connectivity index (χ2n) is 6.59. The van der Waals surface area contributed by atoms with Crippen molar-refractivity contribution < 1.29 is 4.79 Å². The van der Waals surface area contributed by atoms with Gasteiger partial charge in [-0.25, -0.2) is 0 Å². The van der Waals surface area contributed by atoms with E-state index >= 15 is 0 Å². The topological polar surface area (TPSA) is 61.0 Å². The Labute approximate surface area is 157 Å². The molecule has 4 rings (SSSR count). The Kier molecular flexibility index (Phi) is 4.34.